The summed E-state index contributed by atoms with van der Waals surface area (Å²) in [6.45, 7) is 0.188. The highest BCUT2D eigenvalue weighted by atomic mass is 35.5. The molecule has 102 valence electrons. The summed E-state index contributed by atoms with van der Waals surface area (Å²) < 4.78 is 5.08. The van der Waals surface area contributed by atoms with Gasteiger partial charge >= 0.3 is 5.97 Å². The number of esters is 1. The van der Waals surface area contributed by atoms with Gasteiger partial charge in [0.05, 0.1) is 17.1 Å². The fourth-order valence-electron chi connectivity index (χ4n) is 2.58. The predicted molar refractivity (Wildman–Crippen MR) is 74.6 cm³/mol. The fraction of sp³-hybridized carbons (Fsp3) is 0.143. The van der Waals surface area contributed by atoms with E-state index in [4.69, 9.17) is 27.8 Å². The number of nitrogens with two attached hydrogens (primary N) is 2. The molecule has 1 aromatic rings. The average Bonchev–Trinajstić information content (AvgIpc) is 2.79. The lowest BCUT2D eigenvalue weighted by Crippen LogP contribution is -2.76. The first-order chi connectivity index (χ1) is 9.63. The number of benzene rings is 1. The highest BCUT2D eigenvalue weighted by Crippen LogP contribution is 2.39. The van der Waals surface area contributed by atoms with Gasteiger partial charge in [-0.15, -0.1) is 0 Å². The first kappa shape index (κ1) is 12.7. The van der Waals surface area contributed by atoms with Crippen LogP contribution in [0.5, 0.6) is 0 Å². The van der Waals surface area contributed by atoms with Gasteiger partial charge in [0.2, 0.25) is 0 Å². The van der Waals surface area contributed by atoms with Crippen molar-refractivity contribution in [1.82, 2.24) is 0 Å². The van der Waals surface area contributed by atoms with Crippen molar-refractivity contribution in [2.24, 2.45) is 11.5 Å². The van der Waals surface area contributed by atoms with Crippen LogP contribution in [0.15, 0.2) is 47.3 Å². The highest BCUT2D eigenvalue weighted by molar-refractivity contribution is 6.31. The van der Waals surface area contributed by atoms with Crippen molar-refractivity contribution in [3.63, 3.8) is 0 Å². The van der Waals surface area contributed by atoms with E-state index in [1.807, 2.05) is 18.2 Å². The summed E-state index contributed by atoms with van der Waals surface area (Å²) in [5, 5.41) is 0.554. The molecule has 2 aliphatic heterocycles. The van der Waals surface area contributed by atoms with Gasteiger partial charge in [0.25, 0.3) is 5.84 Å². The van der Waals surface area contributed by atoms with E-state index in [-0.39, 0.29) is 12.6 Å². The zero-order valence-corrected chi connectivity index (χ0v) is 11.3. The molecule has 2 aliphatic rings. The van der Waals surface area contributed by atoms with Crippen molar-refractivity contribution in [1.29, 1.82) is 0 Å². The molecule has 0 radical (unpaired) electrons. The van der Waals surface area contributed by atoms with Crippen molar-refractivity contribution in [3.05, 3.63) is 57.9 Å². The highest BCUT2D eigenvalue weighted by Gasteiger charge is 2.42. The van der Waals surface area contributed by atoms with E-state index in [1.165, 1.54) is 6.20 Å². The van der Waals surface area contributed by atoms with Gasteiger partial charge in [0, 0.05) is 11.2 Å². The van der Waals surface area contributed by atoms with Gasteiger partial charge in [-0.2, -0.15) is 0 Å². The van der Waals surface area contributed by atoms with Crippen LogP contribution in [0.4, 0.5) is 0 Å². The molecule has 2 heterocycles. The molecule has 0 aromatic heterocycles. The molecule has 0 fully saturated rings. The van der Waals surface area contributed by atoms with Gasteiger partial charge in [0.15, 0.2) is 12.3 Å². The lowest BCUT2D eigenvalue weighted by molar-refractivity contribution is -0.404. The van der Waals surface area contributed by atoms with Crippen LogP contribution in [0.25, 0.3) is 0 Å². The predicted octanol–water partition coefficient (Wildman–Crippen LogP) is -0.471. The largest absolute Gasteiger partial charge is 0.453 e. The summed E-state index contributed by atoms with van der Waals surface area (Å²) >= 11 is 6.25. The number of rotatable bonds is 1. The first-order valence-corrected chi connectivity index (χ1v) is 6.47. The Kier molecular flexibility index (Phi) is 2.99. The van der Waals surface area contributed by atoms with Crippen molar-refractivity contribution in [3.8, 4) is 0 Å². The van der Waals surface area contributed by atoms with Crippen molar-refractivity contribution in [2.75, 3.05) is 6.61 Å². The van der Waals surface area contributed by atoms with E-state index in [1.54, 1.807) is 6.07 Å². The van der Waals surface area contributed by atoms with Crippen LogP contribution in [0, 0.1) is 0 Å². The van der Waals surface area contributed by atoms with Crippen molar-refractivity contribution in [2.45, 2.75) is 5.92 Å². The minimum absolute atomic E-state index is 0.188. The molecule has 0 saturated heterocycles. The van der Waals surface area contributed by atoms with E-state index < -0.39 is 5.92 Å². The summed E-state index contributed by atoms with van der Waals surface area (Å²) in [5.41, 5.74) is 14.2. The number of nitrogens with one attached hydrogen (secondary N) is 1. The van der Waals surface area contributed by atoms with Crippen LogP contribution in [-0.2, 0) is 9.53 Å². The van der Waals surface area contributed by atoms with Crippen LogP contribution in [0.3, 0.4) is 0 Å². The molecular formula is C14H13ClN3O2+. The fourth-order valence-corrected chi connectivity index (χ4v) is 2.82. The Morgan fingerprint density at radius 1 is 1.40 bits per heavy atom. The Morgan fingerprint density at radius 2 is 2.15 bits per heavy atom. The number of carbonyl (C=O) groups excluding carboxylic acids is 1. The summed E-state index contributed by atoms with van der Waals surface area (Å²) in [5.74, 6) is -0.362. The molecule has 0 spiro atoms. The molecule has 0 aliphatic carbocycles. The zero-order chi connectivity index (χ0) is 14.3. The maximum absolute atomic E-state index is 12.0. The number of ether oxygens (including phenoxy) is 1. The van der Waals surface area contributed by atoms with Crippen molar-refractivity contribution < 1.29 is 14.5 Å². The Labute approximate surface area is 120 Å². The normalized spacial score (nSPS) is 23.6. The monoisotopic (exact) mass is 290 g/mol. The summed E-state index contributed by atoms with van der Waals surface area (Å²) in [6.07, 6.45) is 1.39. The SMILES string of the molecule is N/C=C1\C(N)=[NH+]C2=C(C(=O)OC2)C1c1ccccc1Cl. The van der Waals surface area contributed by atoms with E-state index in [2.05, 4.69) is 4.99 Å². The maximum Gasteiger partial charge on any atom is 0.339 e. The Morgan fingerprint density at radius 3 is 2.85 bits per heavy atom. The van der Waals surface area contributed by atoms with E-state index >= 15 is 0 Å². The minimum atomic E-state index is -0.403. The third-order valence-electron chi connectivity index (χ3n) is 3.48. The number of amidine groups is 1. The summed E-state index contributed by atoms with van der Waals surface area (Å²) in [4.78, 5) is 15.0. The molecule has 5 nitrogen and oxygen atoms in total. The molecule has 20 heavy (non-hydrogen) atoms. The summed E-state index contributed by atoms with van der Waals surface area (Å²) in [6, 6.07) is 7.30. The van der Waals surface area contributed by atoms with Gasteiger partial charge in [-0.05, 0) is 11.6 Å². The minimum Gasteiger partial charge on any atom is -0.453 e. The van der Waals surface area contributed by atoms with E-state index in [0.29, 0.717) is 27.7 Å². The Bertz CT molecular complexity index is 691. The number of carbonyl (C=O) groups is 1. The number of hydrogen-bond donors (Lipinski definition) is 3. The van der Waals surface area contributed by atoms with Gasteiger partial charge < -0.3 is 10.5 Å². The molecule has 1 atom stereocenters. The zero-order valence-electron chi connectivity index (χ0n) is 10.5. The lowest BCUT2D eigenvalue weighted by Gasteiger charge is -2.21. The number of cyclic esters (lactones) is 1. The van der Waals surface area contributed by atoms with E-state index in [9.17, 15) is 4.79 Å². The van der Waals surface area contributed by atoms with Gasteiger partial charge in [-0.3, -0.25) is 5.73 Å². The van der Waals surface area contributed by atoms with Crippen LogP contribution >= 0.6 is 11.6 Å². The lowest BCUT2D eigenvalue weighted by atomic mass is 9.82. The molecule has 3 rings (SSSR count). The molecular weight excluding hydrogens is 278 g/mol. The second kappa shape index (κ2) is 4.68. The van der Waals surface area contributed by atoms with Crippen LogP contribution in [-0.4, -0.2) is 18.4 Å². The molecule has 5 N–H and O–H groups in total. The Balaban J connectivity index is 2.23. The third-order valence-corrected chi connectivity index (χ3v) is 3.83. The second-order valence-corrected chi connectivity index (χ2v) is 4.99. The number of halogens is 1. The molecule has 0 saturated carbocycles. The molecule has 6 heteroatoms. The average molecular weight is 291 g/mol. The van der Waals surface area contributed by atoms with Crippen LogP contribution in [0.2, 0.25) is 5.02 Å². The summed E-state index contributed by atoms with van der Waals surface area (Å²) in [7, 11) is 0. The van der Waals surface area contributed by atoms with Gasteiger partial charge in [-0.1, -0.05) is 29.8 Å². The number of hydrogen-bond acceptors (Lipinski definition) is 4. The smallest absolute Gasteiger partial charge is 0.339 e. The van der Waals surface area contributed by atoms with E-state index in [0.717, 1.165) is 5.56 Å². The van der Waals surface area contributed by atoms with Crippen molar-refractivity contribution >= 4 is 23.4 Å². The van der Waals surface area contributed by atoms with Gasteiger partial charge in [0.1, 0.15) is 0 Å². The standard InChI is InChI=1S/C14H12ClN3O2/c15-9-4-2-1-3-7(9)11-8(5-16)13(17)18-10-6-20-14(19)12(10)11/h1-5,11H,6,16H2,(H2,17,18)/p+1/b8-5-. The maximum atomic E-state index is 12.0. The topological polar surface area (TPSA) is 92.3 Å². The molecule has 0 amide bonds. The molecule has 1 aromatic carbocycles. The Hall–Kier alpha value is -2.27. The second-order valence-electron chi connectivity index (χ2n) is 4.58. The molecule has 1 unspecified atom stereocenters. The quantitative estimate of drug-likeness (QED) is 0.610. The van der Waals surface area contributed by atoms with Crippen LogP contribution in [0.1, 0.15) is 11.5 Å². The first-order valence-electron chi connectivity index (χ1n) is 6.09. The molecule has 0 bridgehead atoms. The third kappa shape index (κ3) is 1.78. The van der Waals surface area contributed by atoms with Gasteiger partial charge in [-0.25, -0.2) is 9.79 Å². The van der Waals surface area contributed by atoms with Crippen LogP contribution < -0.4 is 16.5 Å².